The number of aromatic nitrogens is 2. The molecule has 0 atom stereocenters. The summed E-state index contributed by atoms with van der Waals surface area (Å²) in [6.07, 6.45) is 3.03. The van der Waals surface area contributed by atoms with E-state index in [0.717, 1.165) is 15.7 Å². The maximum Gasteiger partial charge on any atom is 0.427 e. The first-order valence-corrected chi connectivity index (χ1v) is 8.24. The number of fused-ring (bicyclic) bond motifs is 2. The Balaban J connectivity index is 1.79. The van der Waals surface area contributed by atoms with E-state index in [1.165, 1.54) is 24.3 Å². The van der Waals surface area contributed by atoms with Crippen molar-refractivity contribution < 1.29 is 18.7 Å². The van der Waals surface area contributed by atoms with Crippen molar-refractivity contribution in [3.63, 3.8) is 0 Å². The molecule has 2 aromatic heterocycles. The van der Waals surface area contributed by atoms with E-state index in [0.29, 0.717) is 29.7 Å². The van der Waals surface area contributed by atoms with E-state index in [4.69, 9.17) is 14.9 Å². The van der Waals surface area contributed by atoms with Crippen molar-refractivity contribution in [1.29, 1.82) is 0 Å². The molecule has 27 heavy (non-hydrogen) atoms. The van der Waals surface area contributed by atoms with Gasteiger partial charge in [-0.1, -0.05) is 0 Å². The lowest BCUT2D eigenvalue weighted by Crippen LogP contribution is -2.37. The molecule has 0 unspecified atom stereocenters. The minimum absolute atomic E-state index is 0.275. The minimum atomic E-state index is -0.787. The molecule has 2 N–H and O–H groups in total. The molecule has 1 aliphatic heterocycles. The number of nitrogens with zero attached hydrogens (tertiary/aromatic N) is 3. The van der Waals surface area contributed by atoms with Crippen molar-refractivity contribution >= 4 is 28.8 Å². The Bertz CT molecular complexity index is 1130. The predicted molar refractivity (Wildman–Crippen MR) is 95.4 cm³/mol. The molecule has 0 fully saturated rings. The van der Waals surface area contributed by atoms with Gasteiger partial charge in [0.2, 0.25) is 0 Å². The van der Waals surface area contributed by atoms with Crippen LogP contribution >= 0.6 is 0 Å². The van der Waals surface area contributed by atoms with Crippen LogP contribution in [0.1, 0.15) is 21.5 Å². The molecule has 3 aromatic rings. The lowest BCUT2D eigenvalue weighted by atomic mass is 9.97. The Morgan fingerprint density at radius 3 is 2.89 bits per heavy atom. The number of hydrogen-bond acceptors (Lipinski definition) is 7. The normalized spacial score (nSPS) is 13.4. The third kappa shape index (κ3) is 2.73. The summed E-state index contributed by atoms with van der Waals surface area (Å²) in [5.41, 5.74) is 8.54. The van der Waals surface area contributed by atoms with E-state index >= 15 is 0 Å². The highest BCUT2D eigenvalue weighted by Gasteiger charge is 2.27. The van der Waals surface area contributed by atoms with E-state index in [9.17, 15) is 14.4 Å². The fourth-order valence-electron chi connectivity index (χ4n) is 3.31. The van der Waals surface area contributed by atoms with Crippen LogP contribution in [-0.4, -0.2) is 40.1 Å². The predicted octanol–water partition coefficient (Wildman–Crippen LogP) is 1.38. The van der Waals surface area contributed by atoms with Crippen molar-refractivity contribution in [3.8, 4) is 0 Å². The number of nitrogen functional groups attached to an aromatic ring is 1. The maximum atomic E-state index is 13.1. The number of amides is 1. The van der Waals surface area contributed by atoms with Crippen LogP contribution in [-0.2, 0) is 17.7 Å². The van der Waals surface area contributed by atoms with Crippen molar-refractivity contribution in [3.05, 3.63) is 57.8 Å². The summed E-state index contributed by atoms with van der Waals surface area (Å²) in [5, 5.41) is 0. The number of nitrogens with two attached hydrogens (primary N) is 1. The summed E-state index contributed by atoms with van der Waals surface area (Å²) in [6.45, 7) is 0.683. The van der Waals surface area contributed by atoms with Crippen LogP contribution in [0.5, 0.6) is 0 Å². The first-order valence-electron chi connectivity index (χ1n) is 8.24. The molecule has 1 aliphatic rings. The number of rotatable bonds is 1. The number of benzene rings is 1. The van der Waals surface area contributed by atoms with Gasteiger partial charge in [0.05, 0.1) is 19.2 Å². The standard InChI is InChI=1S/C18H16N4O5/c1-26-17(24)21-5-4-12-10(9-21)7-20-8-13(12)16(23)22-14-6-11(19)2-3-15(14)27-18(22)25/h2-3,6-8H,4-5,9,19H2,1H3. The van der Waals surface area contributed by atoms with Gasteiger partial charge in [0.1, 0.15) is 5.52 Å². The first-order chi connectivity index (χ1) is 13.0. The van der Waals surface area contributed by atoms with Crippen LogP contribution in [0, 0.1) is 0 Å². The van der Waals surface area contributed by atoms with Gasteiger partial charge in [-0.25, -0.2) is 14.2 Å². The van der Waals surface area contributed by atoms with Crippen LogP contribution in [0.4, 0.5) is 10.5 Å². The van der Waals surface area contributed by atoms with Crippen LogP contribution < -0.4 is 11.5 Å². The molecule has 9 nitrogen and oxygen atoms in total. The summed E-state index contributed by atoms with van der Waals surface area (Å²) < 4.78 is 10.8. The van der Waals surface area contributed by atoms with E-state index in [-0.39, 0.29) is 12.1 Å². The molecule has 0 spiro atoms. The number of oxazole rings is 1. The van der Waals surface area contributed by atoms with Crippen molar-refractivity contribution in [2.75, 3.05) is 19.4 Å². The fourth-order valence-corrected chi connectivity index (χ4v) is 3.31. The van der Waals surface area contributed by atoms with Gasteiger partial charge in [0.25, 0.3) is 5.91 Å². The SMILES string of the molecule is COC(=O)N1CCc2c(cncc2C(=O)n2c(=O)oc3ccc(N)cc32)C1. The van der Waals surface area contributed by atoms with Gasteiger partial charge in [0, 0.05) is 24.6 Å². The van der Waals surface area contributed by atoms with Crippen LogP contribution in [0.2, 0.25) is 0 Å². The third-order valence-electron chi connectivity index (χ3n) is 4.61. The number of pyridine rings is 1. The molecule has 4 rings (SSSR count). The third-order valence-corrected chi connectivity index (χ3v) is 4.61. The number of methoxy groups -OCH3 is 1. The Labute approximate surface area is 152 Å². The quantitative estimate of drug-likeness (QED) is 0.644. The first kappa shape index (κ1) is 16.8. The lowest BCUT2D eigenvalue weighted by Gasteiger charge is -2.28. The van der Waals surface area contributed by atoms with E-state index in [1.807, 2.05) is 0 Å². The van der Waals surface area contributed by atoms with Crippen LogP contribution in [0.3, 0.4) is 0 Å². The molecule has 138 valence electrons. The Morgan fingerprint density at radius 1 is 1.30 bits per heavy atom. The Morgan fingerprint density at radius 2 is 2.11 bits per heavy atom. The summed E-state index contributed by atoms with van der Waals surface area (Å²) >= 11 is 0. The van der Waals surface area contributed by atoms with E-state index in [2.05, 4.69) is 4.98 Å². The molecule has 9 heteroatoms. The summed E-state index contributed by atoms with van der Waals surface area (Å²) in [7, 11) is 1.32. The Hall–Kier alpha value is -3.62. The molecule has 1 aromatic carbocycles. The molecule has 0 radical (unpaired) electrons. The van der Waals surface area contributed by atoms with Crippen LogP contribution in [0.15, 0.2) is 39.8 Å². The van der Waals surface area contributed by atoms with Crippen molar-refractivity contribution in [2.24, 2.45) is 0 Å². The highest BCUT2D eigenvalue weighted by Crippen LogP contribution is 2.24. The van der Waals surface area contributed by atoms with E-state index in [1.54, 1.807) is 18.3 Å². The molecule has 1 amide bonds. The zero-order chi connectivity index (χ0) is 19.1. The topological polar surface area (TPSA) is 121 Å². The van der Waals surface area contributed by atoms with Gasteiger partial charge in [-0.3, -0.25) is 9.78 Å². The average molecular weight is 368 g/mol. The number of hydrogen-bond donors (Lipinski definition) is 1. The minimum Gasteiger partial charge on any atom is -0.453 e. The van der Waals surface area contributed by atoms with Gasteiger partial charge < -0.3 is 19.8 Å². The second kappa shape index (κ2) is 6.27. The highest BCUT2D eigenvalue weighted by atomic mass is 16.5. The summed E-state index contributed by atoms with van der Waals surface area (Å²) in [6, 6.07) is 4.65. The van der Waals surface area contributed by atoms with Gasteiger partial charge in [0.15, 0.2) is 5.58 Å². The monoisotopic (exact) mass is 368 g/mol. The zero-order valence-corrected chi connectivity index (χ0v) is 14.5. The Kier molecular flexibility index (Phi) is 3.91. The summed E-state index contributed by atoms with van der Waals surface area (Å²) in [5.74, 6) is -1.33. The average Bonchev–Trinajstić information content (AvgIpc) is 3.00. The smallest absolute Gasteiger partial charge is 0.427 e. The molecule has 0 saturated heterocycles. The fraction of sp³-hybridized carbons (Fsp3) is 0.222. The van der Waals surface area contributed by atoms with E-state index < -0.39 is 17.8 Å². The zero-order valence-electron chi connectivity index (χ0n) is 14.5. The second-order valence-electron chi connectivity index (χ2n) is 6.20. The molecule has 3 heterocycles. The number of anilines is 1. The lowest BCUT2D eigenvalue weighted by molar-refractivity contribution is 0.0954. The maximum absolute atomic E-state index is 13.1. The molecular formula is C18H16N4O5. The largest absolute Gasteiger partial charge is 0.453 e. The molecule has 0 aliphatic carbocycles. The van der Waals surface area contributed by atoms with Crippen molar-refractivity contribution in [2.45, 2.75) is 13.0 Å². The molecular weight excluding hydrogens is 352 g/mol. The molecule has 0 saturated carbocycles. The van der Waals surface area contributed by atoms with Crippen LogP contribution in [0.25, 0.3) is 11.1 Å². The number of carbonyl (C=O) groups excluding carboxylic acids is 2. The summed E-state index contributed by atoms with van der Waals surface area (Å²) in [4.78, 5) is 42.8. The number of carbonyl (C=O) groups is 2. The number of ether oxygens (including phenoxy) is 1. The van der Waals surface area contributed by atoms with Gasteiger partial charge >= 0.3 is 11.8 Å². The van der Waals surface area contributed by atoms with Gasteiger partial charge in [-0.2, -0.15) is 0 Å². The second-order valence-corrected chi connectivity index (χ2v) is 6.20. The molecule has 0 bridgehead atoms. The van der Waals surface area contributed by atoms with Gasteiger partial charge in [-0.05, 0) is 35.7 Å². The highest BCUT2D eigenvalue weighted by molar-refractivity contribution is 6.02. The van der Waals surface area contributed by atoms with Crippen molar-refractivity contribution in [1.82, 2.24) is 14.5 Å². The van der Waals surface area contributed by atoms with Gasteiger partial charge in [-0.15, -0.1) is 0 Å².